The molecule has 0 radical (unpaired) electrons. The minimum atomic E-state index is -0.523. The maximum Gasteiger partial charge on any atom is 0.267 e. The van der Waals surface area contributed by atoms with Crippen LogP contribution in [0.5, 0.6) is 0 Å². The average molecular weight is 467 g/mol. The molecule has 2 aromatic rings. The zero-order valence-electron chi connectivity index (χ0n) is 17.8. The van der Waals surface area contributed by atoms with Crippen molar-refractivity contribution in [2.24, 2.45) is 0 Å². The number of halogens is 2. The van der Waals surface area contributed by atoms with Gasteiger partial charge in [0.05, 0.1) is 11.4 Å². The summed E-state index contributed by atoms with van der Waals surface area (Å²) in [5, 5.41) is 11.9. The predicted octanol–water partition coefficient (Wildman–Crippen LogP) is 3.94. The number of carbonyl (C=O) groups is 2. The van der Waals surface area contributed by atoms with E-state index in [2.05, 4.69) is 0 Å². The van der Waals surface area contributed by atoms with Crippen LogP contribution in [0, 0.1) is 23.0 Å². The number of nitrogens with zero attached hydrogens (tertiary/aromatic N) is 4. The monoisotopic (exact) mass is 466 g/mol. The summed E-state index contributed by atoms with van der Waals surface area (Å²) in [5.74, 6) is -1.47. The van der Waals surface area contributed by atoms with Crippen molar-refractivity contribution >= 4 is 35.0 Å². The minimum Gasteiger partial charge on any atom is -0.339 e. The van der Waals surface area contributed by atoms with Gasteiger partial charge in [-0.15, -0.1) is 0 Å². The van der Waals surface area contributed by atoms with Gasteiger partial charge in [-0.3, -0.25) is 14.5 Å². The van der Waals surface area contributed by atoms with Crippen LogP contribution in [0.3, 0.4) is 0 Å². The Labute approximate surface area is 194 Å². The van der Waals surface area contributed by atoms with Gasteiger partial charge < -0.3 is 9.80 Å². The molecule has 2 aliphatic heterocycles. The van der Waals surface area contributed by atoms with Gasteiger partial charge in [0, 0.05) is 38.5 Å². The smallest absolute Gasteiger partial charge is 0.267 e. The second-order valence-corrected chi connectivity index (χ2v) is 8.36. The maximum absolute atomic E-state index is 14.8. The molecule has 0 spiro atoms. The summed E-state index contributed by atoms with van der Waals surface area (Å²) in [7, 11) is 0. The van der Waals surface area contributed by atoms with Gasteiger partial charge in [0.1, 0.15) is 28.3 Å². The highest BCUT2D eigenvalue weighted by atomic mass is 32.2. The molecule has 9 heteroatoms. The zero-order chi connectivity index (χ0) is 23.5. The largest absolute Gasteiger partial charge is 0.339 e. The van der Waals surface area contributed by atoms with Crippen LogP contribution in [0.15, 0.2) is 64.5 Å². The number of hydrogen-bond donors (Lipinski definition) is 0. The van der Waals surface area contributed by atoms with Crippen LogP contribution in [0.1, 0.15) is 12.5 Å². The van der Waals surface area contributed by atoms with Gasteiger partial charge in [-0.05, 0) is 42.0 Å². The second-order valence-electron chi connectivity index (χ2n) is 7.50. The maximum atomic E-state index is 14.8. The van der Waals surface area contributed by atoms with E-state index < -0.39 is 17.5 Å². The Morgan fingerprint density at radius 2 is 1.61 bits per heavy atom. The first-order valence-corrected chi connectivity index (χ1v) is 11.1. The van der Waals surface area contributed by atoms with Crippen molar-refractivity contribution in [3.8, 4) is 6.07 Å². The Bertz CT molecular complexity index is 1200. The Hall–Kier alpha value is -3.64. The van der Waals surface area contributed by atoms with Crippen LogP contribution in [0.2, 0.25) is 0 Å². The van der Waals surface area contributed by atoms with Crippen LogP contribution in [-0.2, 0) is 9.59 Å². The summed E-state index contributed by atoms with van der Waals surface area (Å²) in [6, 6.07) is 13.8. The summed E-state index contributed by atoms with van der Waals surface area (Å²) >= 11 is 1.14. The first kappa shape index (κ1) is 22.6. The number of hydrogen-bond acceptors (Lipinski definition) is 5. The highest BCUT2D eigenvalue weighted by Crippen LogP contribution is 2.45. The zero-order valence-corrected chi connectivity index (χ0v) is 18.6. The van der Waals surface area contributed by atoms with Gasteiger partial charge >= 0.3 is 0 Å². The van der Waals surface area contributed by atoms with Crippen molar-refractivity contribution < 1.29 is 18.4 Å². The first-order chi connectivity index (χ1) is 15.9. The molecule has 0 aliphatic carbocycles. The fourth-order valence-electron chi connectivity index (χ4n) is 3.76. The summed E-state index contributed by atoms with van der Waals surface area (Å²) in [5.41, 5.74) is 1.20. The average Bonchev–Trinajstić information content (AvgIpc) is 3.24. The number of carbonyl (C=O) groups excluding carboxylic acids is 2. The normalized spacial score (nSPS) is 17.5. The van der Waals surface area contributed by atoms with Crippen LogP contribution < -0.4 is 4.90 Å². The Balaban J connectivity index is 1.73. The van der Waals surface area contributed by atoms with Crippen LogP contribution in [0.4, 0.5) is 14.5 Å². The summed E-state index contributed by atoms with van der Waals surface area (Å²) in [6.45, 7) is 2.86. The van der Waals surface area contributed by atoms with E-state index in [1.807, 2.05) is 6.07 Å². The Morgan fingerprint density at radius 3 is 2.21 bits per heavy atom. The van der Waals surface area contributed by atoms with E-state index in [-0.39, 0.29) is 22.2 Å². The van der Waals surface area contributed by atoms with E-state index in [0.717, 1.165) is 11.8 Å². The minimum absolute atomic E-state index is 0.0637. The van der Waals surface area contributed by atoms with Crippen molar-refractivity contribution in [2.45, 2.75) is 6.92 Å². The number of thioether (sulfide) groups is 1. The molecule has 0 atom stereocenters. The van der Waals surface area contributed by atoms with Crippen molar-refractivity contribution in [3.63, 3.8) is 0 Å². The number of piperazine rings is 1. The highest BCUT2D eigenvalue weighted by Gasteiger charge is 2.34. The van der Waals surface area contributed by atoms with Gasteiger partial charge in [0.15, 0.2) is 0 Å². The predicted molar refractivity (Wildman–Crippen MR) is 122 cm³/mol. The van der Waals surface area contributed by atoms with Gasteiger partial charge in [-0.25, -0.2) is 8.78 Å². The molecule has 2 aromatic carbocycles. The lowest BCUT2D eigenvalue weighted by Crippen LogP contribution is -2.50. The summed E-state index contributed by atoms with van der Waals surface area (Å²) < 4.78 is 28.3. The van der Waals surface area contributed by atoms with E-state index in [1.54, 1.807) is 40.6 Å². The number of amides is 2. The quantitative estimate of drug-likeness (QED) is 0.506. The van der Waals surface area contributed by atoms with Crippen LogP contribution in [-0.4, -0.2) is 47.8 Å². The number of rotatable bonds is 3. The van der Waals surface area contributed by atoms with Gasteiger partial charge in [0.2, 0.25) is 5.91 Å². The number of anilines is 1. The topological polar surface area (TPSA) is 67.6 Å². The van der Waals surface area contributed by atoms with Gasteiger partial charge in [0.25, 0.3) is 5.91 Å². The fourth-order valence-corrected chi connectivity index (χ4v) is 4.77. The molecule has 33 heavy (non-hydrogen) atoms. The lowest BCUT2D eigenvalue weighted by Gasteiger charge is -2.34. The number of nitriles is 1. The third-order valence-corrected chi connectivity index (χ3v) is 6.46. The van der Waals surface area contributed by atoms with E-state index in [4.69, 9.17) is 0 Å². The van der Waals surface area contributed by atoms with Crippen molar-refractivity contribution in [1.29, 1.82) is 5.26 Å². The molecule has 6 nitrogen and oxygen atoms in total. The van der Waals surface area contributed by atoms with E-state index >= 15 is 0 Å². The first-order valence-electron chi connectivity index (χ1n) is 10.3. The van der Waals surface area contributed by atoms with Crippen molar-refractivity contribution in [1.82, 2.24) is 9.80 Å². The Morgan fingerprint density at radius 1 is 0.970 bits per heavy atom. The lowest BCUT2D eigenvalue weighted by atomic mass is 10.1. The molecule has 0 unspecified atom stereocenters. The van der Waals surface area contributed by atoms with Gasteiger partial charge in [-0.1, -0.05) is 23.9 Å². The van der Waals surface area contributed by atoms with E-state index in [0.29, 0.717) is 37.4 Å². The molecule has 1 fully saturated rings. The number of benzene rings is 2. The third kappa shape index (κ3) is 4.47. The molecular weight excluding hydrogens is 446 g/mol. The molecular formula is C24H20F2N4O2S. The van der Waals surface area contributed by atoms with Crippen LogP contribution >= 0.6 is 11.8 Å². The number of para-hydroxylation sites is 1. The van der Waals surface area contributed by atoms with Crippen LogP contribution in [0.25, 0.3) is 5.70 Å². The van der Waals surface area contributed by atoms with Crippen molar-refractivity contribution in [2.75, 3.05) is 31.1 Å². The summed E-state index contributed by atoms with van der Waals surface area (Å²) in [6.07, 6.45) is 0. The fraction of sp³-hybridized carbons (Fsp3) is 0.208. The molecule has 2 heterocycles. The third-order valence-electron chi connectivity index (χ3n) is 5.51. The molecule has 0 saturated carbocycles. The Kier molecular flexibility index (Phi) is 6.47. The molecule has 0 bridgehead atoms. The molecule has 2 amide bonds. The molecule has 1 saturated heterocycles. The van der Waals surface area contributed by atoms with Gasteiger partial charge in [-0.2, -0.15) is 5.26 Å². The summed E-state index contributed by atoms with van der Waals surface area (Å²) in [4.78, 5) is 29.6. The van der Waals surface area contributed by atoms with Crippen molar-refractivity contribution in [3.05, 3.63) is 81.7 Å². The highest BCUT2D eigenvalue weighted by molar-refractivity contribution is 8.06. The standard InChI is InChI=1S/C24H20F2N4O2S/c1-16(31)28-10-12-29(13-11-28)23(32)19(14-27)24-30(21-5-3-2-4-20(21)26)22(15-33-24)17-6-8-18(25)9-7-17/h2-9,15H,10-13H2,1H3/b24-19-. The van der Waals surface area contributed by atoms with E-state index in [9.17, 15) is 23.6 Å². The molecule has 2 aliphatic rings. The molecule has 0 N–H and O–H groups in total. The SMILES string of the molecule is CC(=O)N1CCN(C(=O)/C(C#N)=C2\SC=C(c3ccc(F)cc3)N2c2ccccc2F)CC1. The molecule has 0 aromatic heterocycles. The molecule has 168 valence electrons. The lowest BCUT2D eigenvalue weighted by molar-refractivity contribution is -0.136. The molecule has 4 rings (SSSR count). The second kappa shape index (κ2) is 9.46. The van der Waals surface area contributed by atoms with E-state index in [1.165, 1.54) is 34.9 Å².